The topological polar surface area (TPSA) is 109 Å². The van der Waals surface area contributed by atoms with Crippen LogP contribution in [0.2, 0.25) is 0 Å². The van der Waals surface area contributed by atoms with Crippen LogP contribution in [0.3, 0.4) is 0 Å². The minimum Gasteiger partial charge on any atom is -0.382 e. The second-order valence-corrected chi connectivity index (χ2v) is 11.9. The zero-order valence-electron chi connectivity index (χ0n) is 24.9. The highest BCUT2D eigenvalue weighted by Crippen LogP contribution is 2.36. The van der Waals surface area contributed by atoms with Crippen molar-refractivity contribution in [2.75, 3.05) is 31.9 Å². The van der Waals surface area contributed by atoms with Crippen molar-refractivity contribution in [3.63, 3.8) is 0 Å². The Morgan fingerprint density at radius 1 is 1.04 bits per heavy atom. The SMILES string of the molecule is Cc1ccc(-c2cc(CN3CCC(C(F)(F)F)CC3)c3c(N)ncnn23)cc1C(=O)N[C@@H]1CN(C(=O)c2ccccc2F)C[C@@H]1F. The molecule has 4 aromatic rings. The first kappa shape index (κ1) is 31.4. The fourth-order valence-corrected chi connectivity index (χ4v) is 6.27. The molecule has 9 nitrogen and oxygen atoms in total. The first-order valence-corrected chi connectivity index (χ1v) is 14.9. The quantitative estimate of drug-likeness (QED) is 0.293. The highest BCUT2D eigenvalue weighted by Gasteiger charge is 2.41. The molecule has 0 unspecified atom stereocenters. The maximum atomic E-state index is 15.0. The van der Waals surface area contributed by atoms with Gasteiger partial charge in [-0.1, -0.05) is 24.3 Å². The molecule has 2 aliphatic heterocycles. The Balaban J connectivity index is 1.22. The largest absolute Gasteiger partial charge is 0.391 e. The third kappa shape index (κ3) is 6.13. The minimum atomic E-state index is -4.21. The van der Waals surface area contributed by atoms with Gasteiger partial charge >= 0.3 is 6.18 Å². The number of nitrogens with zero attached hydrogens (tertiary/aromatic N) is 5. The summed E-state index contributed by atoms with van der Waals surface area (Å²) in [6.45, 7) is 2.22. The van der Waals surface area contributed by atoms with Crippen LogP contribution in [0.1, 0.15) is 44.7 Å². The van der Waals surface area contributed by atoms with Crippen molar-refractivity contribution in [1.82, 2.24) is 29.7 Å². The number of aromatic nitrogens is 3. The number of rotatable bonds is 6. The molecule has 46 heavy (non-hydrogen) atoms. The number of piperidine rings is 1. The van der Waals surface area contributed by atoms with E-state index in [-0.39, 0.29) is 56.0 Å². The summed E-state index contributed by atoms with van der Waals surface area (Å²) in [5, 5.41) is 7.06. The Hall–Kier alpha value is -4.59. The van der Waals surface area contributed by atoms with Gasteiger partial charge in [0, 0.05) is 24.2 Å². The molecule has 0 spiro atoms. The molecular weight excluding hydrogens is 609 g/mol. The lowest BCUT2D eigenvalue weighted by molar-refractivity contribution is -0.185. The van der Waals surface area contributed by atoms with Crippen LogP contribution in [-0.4, -0.2) is 80.8 Å². The van der Waals surface area contributed by atoms with Crippen molar-refractivity contribution in [3.05, 3.63) is 82.9 Å². The summed E-state index contributed by atoms with van der Waals surface area (Å²) in [6.07, 6.45) is -4.44. The summed E-state index contributed by atoms with van der Waals surface area (Å²) >= 11 is 0. The molecule has 3 N–H and O–H groups in total. The number of nitrogens with one attached hydrogen (secondary N) is 1. The summed E-state index contributed by atoms with van der Waals surface area (Å²) in [5.74, 6) is -3.02. The molecule has 2 aliphatic rings. The second-order valence-electron chi connectivity index (χ2n) is 11.9. The average Bonchev–Trinajstić information content (AvgIpc) is 3.57. The van der Waals surface area contributed by atoms with Crippen molar-refractivity contribution in [2.24, 2.45) is 5.92 Å². The summed E-state index contributed by atoms with van der Waals surface area (Å²) in [7, 11) is 0. The lowest BCUT2D eigenvalue weighted by Crippen LogP contribution is -2.42. The van der Waals surface area contributed by atoms with Gasteiger partial charge in [0.15, 0.2) is 5.82 Å². The van der Waals surface area contributed by atoms with E-state index in [0.29, 0.717) is 28.9 Å². The van der Waals surface area contributed by atoms with Crippen LogP contribution in [-0.2, 0) is 6.54 Å². The first-order chi connectivity index (χ1) is 21.9. The molecule has 0 bridgehead atoms. The molecular formula is C32H32F5N7O2. The van der Waals surface area contributed by atoms with Gasteiger partial charge in [0.25, 0.3) is 11.8 Å². The molecule has 2 aromatic heterocycles. The van der Waals surface area contributed by atoms with Gasteiger partial charge in [-0.05, 0) is 68.2 Å². The van der Waals surface area contributed by atoms with Crippen LogP contribution < -0.4 is 11.1 Å². The molecule has 14 heteroatoms. The van der Waals surface area contributed by atoms with Gasteiger partial charge < -0.3 is 16.0 Å². The predicted octanol–water partition coefficient (Wildman–Crippen LogP) is 4.79. The van der Waals surface area contributed by atoms with Gasteiger partial charge in [-0.15, -0.1) is 0 Å². The molecule has 2 amide bonds. The standard InChI is InChI=1S/C32H32F5N7O2/c1-18-6-7-19(12-23(18)30(45)41-26-16-43(15-25(26)34)31(46)22-4-2-3-5-24(22)33)27-13-20(28-29(38)39-17-40-44(27)28)14-42-10-8-21(9-11-42)32(35,36)37/h2-7,12-13,17,21,25-26H,8-11,14-16H2,1H3,(H,41,45)(H2,38,39,40)/t25-,26+/m0/s1. The smallest absolute Gasteiger partial charge is 0.382 e. The number of halogens is 5. The van der Waals surface area contributed by atoms with Crippen molar-refractivity contribution in [3.8, 4) is 11.3 Å². The lowest BCUT2D eigenvalue weighted by Gasteiger charge is -2.32. The summed E-state index contributed by atoms with van der Waals surface area (Å²) in [4.78, 5) is 33.5. The third-order valence-corrected chi connectivity index (χ3v) is 8.84. The molecule has 242 valence electrons. The molecule has 2 aromatic carbocycles. The number of hydrogen-bond donors (Lipinski definition) is 2. The van der Waals surface area contributed by atoms with E-state index in [2.05, 4.69) is 15.4 Å². The van der Waals surface area contributed by atoms with E-state index in [1.165, 1.54) is 29.4 Å². The molecule has 0 saturated carbocycles. The van der Waals surface area contributed by atoms with Gasteiger partial charge in [-0.2, -0.15) is 18.3 Å². The monoisotopic (exact) mass is 641 g/mol. The Morgan fingerprint density at radius 3 is 2.50 bits per heavy atom. The van der Waals surface area contributed by atoms with Gasteiger partial charge in [0.1, 0.15) is 23.8 Å². The lowest BCUT2D eigenvalue weighted by atomic mass is 9.96. The number of nitrogen functional groups attached to an aromatic ring is 1. The van der Waals surface area contributed by atoms with Gasteiger partial charge in [0.2, 0.25) is 0 Å². The number of aryl methyl sites for hydroxylation is 1. The number of alkyl halides is 4. The van der Waals surface area contributed by atoms with E-state index in [4.69, 9.17) is 5.73 Å². The van der Waals surface area contributed by atoms with Crippen LogP contribution >= 0.6 is 0 Å². The highest BCUT2D eigenvalue weighted by molar-refractivity contribution is 5.98. The normalized spacial score (nSPS) is 19.6. The number of fused-ring (bicyclic) bond motifs is 1. The zero-order valence-corrected chi connectivity index (χ0v) is 24.9. The average molecular weight is 642 g/mol. The first-order valence-electron chi connectivity index (χ1n) is 14.9. The van der Waals surface area contributed by atoms with E-state index in [1.807, 2.05) is 11.0 Å². The number of likely N-dealkylation sites (tertiary alicyclic amines) is 2. The maximum absolute atomic E-state index is 15.0. The number of nitrogens with two attached hydrogens (primary N) is 1. The number of hydrogen-bond acceptors (Lipinski definition) is 6. The summed E-state index contributed by atoms with van der Waals surface area (Å²) in [6, 6.07) is 11.5. The van der Waals surface area contributed by atoms with Gasteiger partial charge in [0.05, 0.1) is 29.8 Å². The molecule has 2 atom stereocenters. The Bertz CT molecular complexity index is 1780. The number of carbonyl (C=O) groups excluding carboxylic acids is 2. The van der Waals surface area contributed by atoms with Crippen molar-refractivity contribution < 1.29 is 31.5 Å². The van der Waals surface area contributed by atoms with Crippen molar-refractivity contribution >= 4 is 23.1 Å². The van der Waals surface area contributed by atoms with Crippen LogP contribution in [0, 0.1) is 18.7 Å². The van der Waals surface area contributed by atoms with Gasteiger partial charge in [-0.25, -0.2) is 18.3 Å². The molecule has 6 rings (SSSR count). The zero-order chi connectivity index (χ0) is 32.7. The summed E-state index contributed by atoms with van der Waals surface area (Å²) in [5.41, 5.74) is 9.40. The van der Waals surface area contributed by atoms with E-state index in [1.54, 1.807) is 29.6 Å². The van der Waals surface area contributed by atoms with Crippen LogP contribution in [0.4, 0.5) is 27.8 Å². The Morgan fingerprint density at radius 2 is 1.78 bits per heavy atom. The number of anilines is 1. The van der Waals surface area contributed by atoms with Crippen LogP contribution in [0.15, 0.2) is 54.9 Å². The van der Waals surface area contributed by atoms with E-state index >= 15 is 4.39 Å². The van der Waals surface area contributed by atoms with Crippen molar-refractivity contribution in [2.45, 2.75) is 44.7 Å². The van der Waals surface area contributed by atoms with E-state index in [0.717, 1.165) is 11.6 Å². The van der Waals surface area contributed by atoms with Gasteiger partial charge in [-0.3, -0.25) is 14.5 Å². The fourth-order valence-electron chi connectivity index (χ4n) is 6.27. The molecule has 2 saturated heterocycles. The molecule has 4 heterocycles. The van der Waals surface area contributed by atoms with E-state index < -0.39 is 41.9 Å². The predicted molar refractivity (Wildman–Crippen MR) is 160 cm³/mol. The second kappa shape index (κ2) is 12.3. The van der Waals surface area contributed by atoms with Crippen molar-refractivity contribution in [1.29, 1.82) is 0 Å². The summed E-state index contributed by atoms with van der Waals surface area (Å²) < 4.78 is 70.4. The van der Waals surface area contributed by atoms with E-state index in [9.17, 15) is 27.2 Å². The number of benzene rings is 2. The van der Waals surface area contributed by atoms with Crippen LogP contribution in [0.5, 0.6) is 0 Å². The highest BCUT2D eigenvalue weighted by atomic mass is 19.4. The molecule has 0 radical (unpaired) electrons. The fraction of sp³-hybridized carbons (Fsp3) is 0.375. The molecule has 2 fully saturated rings. The maximum Gasteiger partial charge on any atom is 0.391 e. The third-order valence-electron chi connectivity index (χ3n) is 8.84. The molecule has 0 aliphatic carbocycles. The number of amides is 2. The Kier molecular flexibility index (Phi) is 8.40. The number of carbonyl (C=O) groups is 2. The van der Waals surface area contributed by atoms with Crippen LogP contribution in [0.25, 0.3) is 16.8 Å². The minimum absolute atomic E-state index is 0.0142. The Labute approximate surface area is 261 Å².